The van der Waals surface area contributed by atoms with Gasteiger partial charge in [-0.25, -0.2) is 4.68 Å². The molecule has 2 amide bonds. The number of nitrogens with one attached hydrogen (secondary N) is 3. The summed E-state index contributed by atoms with van der Waals surface area (Å²) in [5.41, 5.74) is 3.87. The van der Waals surface area contributed by atoms with Gasteiger partial charge in [0, 0.05) is 29.2 Å². The molecule has 0 radical (unpaired) electrons. The van der Waals surface area contributed by atoms with Crippen LogP contribution in [-0.4, -0.2) is 33.6 Å². The average Bonchev–Trinajstić information content (AvgIpc) is 3.37. The number of benzene rings is 3. The summed E-state index contributed by atoms with van der Waals surface area (Å²) in [6.45, 7) is 3.69. The summed E-state index contributed by atoms with van der Waals surface area (Å²) in [4.78, 5) is 37.6. The number of allylic oxidation sites excluding steroid dienone is 1. The number of aryl methyl sites for hydroxylation is 1. The number of hydrogen-bond donors (Lipinski definition) is 3. The van der Waals surface area contributed by atoms with Crippen LogP contribution in [-0.2, 0) is 4.79 Å². The second-order valence-corrected chi connectivity index (χ2v) is 9.27. The summed E-state index contributed by atoms with van der Waals surface area (Å²) in [6, 6.07) is 19.5. The van der Waals surface area contributed by atoms with Crippen molar-refractivity contribution in [3.63, 3.8) is 0 Å². The number of nitro benzene ring substituents is 1. The quantitative estimate of drug-likeness (QED) is 0.215. The third kappa shape index (κ3) is 5.12. The van der Waals surface area contributed by atoms with Crippen molar-refractivity contribution < 1.29 is 19.2 Å². The number of nitrogens with zero attached hydrogens (tertiary/aromatic N) is 3. The molecule has 1 atom stereocenters. The van der Waals surface area contributed by atoms with E-state index >= 15 is 0 Å². The molecule has 202 valence electrons. The smallest absolute Gasteiger partial charge is 0.269 e. The molecule has 3 aromatic carbocycles. The fraction of sp³-hybridized carbons (Fsp3) is 0.138. The van der Waals surface area contributed by atoms with Gasteiger partial charge in [0.15, 0.2) is 0 Å². The summed E-state index contributed by atoms with van der Waals surface area (Å²) >= 11 is 0. The molecule has 3 N–H and O–H groups in total. The largest absolute Gasteiger partial charge is 0.497 e. The van der Waals surface area contributed by atoms with Crippen molar-refractivity contribution in [3.05, 3.63) is 117 Å². The summed E-state index contributed by atoms with van der Waals surface area (Å²) in [5.74, 6) is 0.268. The number of carbonyl (C=O) groups is 2. The standard InChI is InChI=1S/C29H26N6O5/c1-17-4-8-20(9-5-17)32-28(36)24-16-30-34-26(19-6-12-22(13-7-19)35(38)39)25(18(2)31-27(24)34)29(37)33-21-10-14-23(40-3)15-11-21/h4-16,26,31H,1-3H3,(H,32,36)(H,33,37)/t26-/m0/s1. The van der Waals surface area contributed by atoms with E-state index in [0.29, 0.717) is 39.8 Å². The molecule has 0 spiro atoms. The number of hydrogen-bond acceptors (Lipinski definition) is 7. The van der Waals surface area contributed by atoms with Gasteiger partial charge in [-0.2, -0.15) is 5.10 Å². The minimum atomic E-state index is -0.767. The predicted molar refractivity (Wildman–Crippen MR) is 151 cm³/mol. The molecule has 11 heteroatoms. The van der Waals surface area contributed by atoms with Crippen LogP contribution in [0.5, 0.6) is 5.75 Å². The van der Waals surface area contributed by atoms with Gasteiger partial charge in [-0.05, 0) is 67.9 Å². The zero-order valence-corrected chi connectivity index (χ0v) is 22.0. The highest BCUT2D eigenvalue weighted by Gasteiger charge is 2.35. The Kier molecular flexibility index (Phi) is 7.02. The van der Waals surface area contributed by atoms with Crippen LogP contribution in [0.2, 0.25) is 0 Å². The van der Waals surface area contributed by atoms with E-state index in [1.54, 1.807) is 55.1 Å². The number of carbonyl (C=O) groups excluding carboxylic acids is 2. The average molecular weight is 539 g/mol. The van der Waals surface area contributed by atoms with Crippen LogP contribution in [0.15, 0.2) is 90.3 Å². The minimum Gasteiger partial charge on any atom is -0.497 e. The number of amides is 2. The van der Waals surface area contributed by atoms with E-state index in [1.807, 2.05) is 31.2 Å². The maximum Gasteiger partial charge on any atom is 0.269 e. The number of ether oxygens (including phenoxy) is 1. The summed E-state index contributed by atoms with van der Waals surface area (Å²) in [6.07, 6.45) is 1.43. The lowest BCUT2D eigenvalue weighted by Gasteiger charge is -2.30. The highest BCUT2D eigenvalue weighted by Crippen LogP contribution is 2.38. The Bertz CT molecular complexity index is 1620. The molecule has 4 aromatic rings. The van der Waals surface area contributed by atoms with E-state index < -0.39 is 16.9 Å². The first kappa shape index (κ1) is 26.2. The number of rotatable bonds is 7. The van der Waals surface area contributed by atoms with Crippen molar-refractivity contribution >= 4 is 34.7 Å². The molecule has 11 nitrogen and oxygen atoms in total. The molecule has 1 aromatic heterocycles. The Morgan fingerprint density at radius 2 is 1.52 bits per heavy atom. The van der Waals surface area contributed by atoms with Crippen molar-refractivity contribution in [3.8, 4) is 5.75 Å². The Morgan fingerprint density at radius 3 is 2.12 bits per heavy atom. The monoisotopic (exact) mass is 538 g/mol. The molecule has 1 aliphatic rings. The second kappa shape index (κ2) is 10.7. The minimum absolute atomic E-state index is 0.0820. The van der Waals surface area contributed by atoms with Crippen molar-refractivity contribution in [2.75, 3.05) is 23.1 Å². The van der Waals surface area contributed by atoms with Gasteiger partial charge in [-0.15, -0.1) is 0 Å². The topological polar surface area (TPSA) is 140 Å². The van der Waals surface area contributed by atoms with Gasteiger partial charge in [-0.3, -0.25) is 19.7 Å². The lowest BCUT2D eigenvalue weighted by molar-refractivity contribution is -0.384. The molecule has 0 bridgehead atoms. The van der Waals surface area contributed by atoms with Crippen LogP contribution in [0, 0.1) is 17.0 Å². The Labute approximate surface area is 229 Å². The van der Waals surface area contributed by atoms with Gasteiger partial charge in [0.1, 0.15) is 23.2 Å². The molecule has 0 saturated heterocycles. The molecular formula is C29H26N6O5. The summed E-state index contributed by atoms with van der Waals surface area (Å²) < 4.78 is 6.73. The van der Waals surface area contributed by atoms with Gasteiger partial charge in [0.05, 0.1) is 23.8 Å². The van der Waals surface area contributed by atoms with Crippen LogP contribution in [0.25, 0.3) is 0 Å². The van der Waals surface area contributed by atoms with Gasteiger partial charge < -0.3 is 20.7 Å². The van der Waals surface area contributed by atoms with Crippen LogP contribution in [0.1, 0.15) is 34.5 Å². The normalized spacial score (nSPS) is 14.1. The Hall–Kier alpha value is -5.45. The van der Waals surface area contributed by atoms with Gasteiger partial charge >= 0.3 is 0 Å². The maximum absolute atomic E-state index is 13.6. The first-order chi connectivity index (χ1) is 19.2. The number of fused-ring (bicyclic) bond motifs is 1. The molecule has 0 aliphatic carbocycles. The van der Waals surface area contributed by atoms with Crippen molar-refractivity contribution in [2.24, 2.45) is 0 Å². The highest BCUT2D eigenvalue weighted by atomic mass is 16.6. The first-order valence-electron chi connectivity index (χ1n) is 12.4. The first-order valence-corrected chi connectivity index (χ1v) is 12.4. The number of methoxy groups -OCH3 is 1. The lowest BCUT2D eigenvalue weighted by atomic mass is 9.94. The molecule has 5 rings (SSSR count). The fourth-order valence-corrected chi connectivity index (χ4v) is 4.51. The van der Waals surface area contributed by atoms with E-state index in [4.69, 9.17) is 4.74 Å². The predicted octanol–water partition coefficient (Wildman–Crippen LogP) is 5.29. The van der Waals surface area contributed by atoms with Crippen molar-refractivity contribution in [2.45, 2.75) is 19.9 Å². The molecule has 0 fully saturated rings. The molecule has 2 heterocycles. The summed E-state index contributed by atoms with van der Waals surface area (Å²) in [7, 11) is 1.56. The number of nitro groups is 1. The Balaban J connectivity index is 1.53. The third-order valence-electron chi connectivity index (χ3n) is 6.59. The number of anilines is 3. The van der Waals surface area contributed by atoms with E-state index in [-0.39, 0.29) is 17.2 Å². The number of aromatic nitrogens is 2. The van der Waals surface area contributed by atoms with Gasteiger partial charge in [-0.1, -0.05) is 17.7 Å². The van der Waals surface area contributed by atoms with Crippen molar-refractivity contribution in [1.29, 1.82) is 0 Å². The van der Waals surface area contributed by atoms with Gasteiger partial charge in [0.25, 0.3) is 17.5 Å². The zero-order chi connectivity index (χ0) is 28.4. The third-order valence-corrected chi connectivity index (χ3v) is 6.59. The zero-order valence-electron chi connectivity index (χ0n) is 22.0. The molecule has 40 heavy (non-hydrogen) atoms. The van der Waals surface area contributed by atoms with E-state index in [1.165, 1.54) is 18.3 Å². The van der Waals surface area contributed by atoms with Crippen LogP contribution < -0.4 is 20.7 Å². The highest BCUT2D eigenvalue weighted by molar-refractivity contribution is 6.09. The molecule has 1 aliphatic heterocycles. The SMILES string of the molecule is COc1ccc(NC(=O)C2=C(C)Nc3c(C(=O)Nc4ccc(C)cc4)cnn3[C@H]2c2ccc([N+](=O)[O-])cc2)cc1. The Morgan fingerprint density at radius 1 is 0.925 bits per heavy atom. The van der Waals surface area contributed by atoms with Crippen LogP contribution in [0.4, 0.5) is 22.9 Å². The molecule has 0 unspecified atom stereocenters. The maximum atomic E-state index is 13.6. The van der Waals surface area contributed by atoms with E-state index in [2.05, 4.69) is 21.0 Å². The van der Waals surface area contributed by atoms with Gasteiger partial charge in [0.2, 0.25) is 0 Å². The van der Waals surface area contributed by atoms with E-state index in [0.717, 1.165) is 5.56 Å². The van der Waals surface area contributed by atoms with Crippen LogP contribution in [0.3, 0.4) is 0 Å². The second-order valence-electron chi connectivity index (χ2n) is 9.27. The van der Waals surface area contributed by atoms with Crippen LogP contribution >= 0.6 is 0 Å². The van der Waals surface area contributed by atoms with Crippen molar-refractivity contribution in [1.82, 2.24) is 9.78 Å². The fourth-order valence-electron chi connectivity index (χ4n) is 4.51. The van der Waals surface area contributed by atoms with E-state index in [9.17, 15) is 19.7 Å². The number of non-ortho nitro benzene ring substituents is 1. The lowest BCUT2D eigenvalue weighted by Crippen LogP contribution is -2.32. The summed E-state index contributed by atoms with van der Waals surface area (Å²) in [5, 5.41) is 24.7. The molecular weight excluding hydrogens is 512 g/mol. The molecule has 0 saturated carbocycles.